The molecule has 0 aromatic heterocycles. The van der Waals surface area contributed by atoms with Crippen molar-refractivity contribution in [2.75, 3.05) is 39.4 Å². The number of amides is 1. The SMILES string of the molecule is CC1(C(=O)N2CCNCC2)CCCOC1. The van der Waals surface area contributed by atoms with Crippen LogP contribution in [-0.2, 0) is 9.53 Å². The second-order valence-electron chi connectivity index (χ2n) is 4.76. The lowest BCUT2D eigenvalue weighted by Crippen LogP contribution is -2.53. The summed E-state index contributed by atoms with van der Waals surface area (Å²) in [5, 5.41) is 3.26. The van der Waals surface area contributed by atoms with Gasteiger partial charge in [0.05, 0.1) is 12.0 Å². The number of ether oxygens (including phenoxy) is 1. The van der Waals surface area contributed by atoms with Crippen LogP contribution in [0.4, 0.5) is 0 Å². The van der Waals surface area contributed by atoms with Gasteiger partial charge in [0, 0.05) is 32.8 Å². The first-order valence-electron chi connectivity index (χ1n) is 5.80. The number of nitrogens with zero attached hydrogens (tertiary/aromatic N) is 1. The molecule has 0 bridgehead atoms. The van der Waals surface area contributed by atoms with Crippen LogP contribution in [-0.4, -0.2) is 50.2 Å². The normalized spacial score (nSPS) is 32.7. The Morgan fingerprint density at radius 2 is 2.13 bits per heavy atom. The molecule has 0 radical (unpaired) electrons. The number of hydrogen-bond donors (Lipinski definition) is 1. The highest BCUT2D eigenvalue weighted by atomic mass is 16.5. The van der Waals surface area contributed by atoms with E-state index in [1.54, 1.807) is 0 Å². The maximum atomic E-state index is 12.3. The van der Waals surface area contributed by atoms with Crippen LogP contribution in [0.1, 0.15) is 19.8 Å². The van der Waals surface area contributed by atoms with Crippen molar-refractivity contribution in [3.8, 4) is 0 Å². The molecule has 2 heterocycles. The van der Waals surface area contributed by atoms with E-state index >= 15 is 0 Å². The summed E-state index contributed by atoms with van der Waals surface area (Å²) in [5.41, 5.74) is -0.268. The van der Waals surface area contributed by atoms with Crippen LogP contribution in [0.25, 0.3) is 0 Å². The van der Waals surface area contributed by atoms with Crippen LogP contribution in [0.5, 0.6) is 0 Å². The van der Waals surface area contributed by atoms with Gasteiger partial charge in [-0.2, -0.15) is 0 Å². The third kappa shape index (κ3) is 2.32. The van der Waals surface area contributed by atoms with Crippen LogP contribution in [0.3, 0.4) is 0 Å². The average molecular weight is 212 g/mol. The summed E-state index contributed by atoms with van der Waals surface area (Å²) in [4.78, 5) is 14.3. The Morgan fingerprint density at radius 1 is 1.40 bits per heavy atom. The summed E-state index contributed by atoms with van der Waals surface area (Å²) in [6.07, 6.45) is 1.98. The third-order valence-electron chi connectivity index (χ3n) is 3.36. The highest BCUT2D eigenvalue weighted by Crippen LogP contribution is 2.30. The summed E-state index contributed by atoms with van der Waals surface area (Å²) < 4.78 is 5.43. The number of rotatable bonds is 1. The van der Waals surface area contributed by atoms with Crippen molar-refractivity contribution >= 4 is 5.91 Å². The molecule has 0 spiro atoms. The fraction of sp³-hybridized carbons (Fsp3) is 0.909. The maximum absolute atomic E-state index is 12.3. The molecule has 0 saturated carbocycles. The van der Waals surface area contributed by atoms with E-state index in [9.17, 15) is 4.79 Å². The van der Waals surface area contributed by atoms with Crippen LogP contribution in [0.15, 0.2) is 0 Å². The first-order chi connectivity index (χ1) is 7.22. The van der Waals surface area contributed by atoms with E-state index in [-0.39, 0.29) is 11.3 Å². The van der Waals surface area contributed by atoms with Crippen molar-refractivity contribution in [2.24, 2.45) is 5.41 Å². The summed E-state index contributed by atoms with van der Waals surface area (Å²) in [5.74, 6) is 0.281. The zero-order valence-electron chi connectivity index (χ0n) is 9.42. The number of hydrogen-bond acceptors (Lipinski definition) is 3. The molecule has 1 amide bonds. The van der Waals surface area contributed by atoms with Gasteiger partial charge >= 0.3 is 0 Å². The lowest BCUT2D eigenvalue weighted by molar-refractivity contribution is -0.149. The fourth-order valence-electron chi connectivity index (χ4n) is 2.35. The number of nitrogens with one attached hydrogen (secondary N) is 1. The van der Waals surface area contributed by atoms with E-state index < -0.39 is 0 Å². The fourth-order valence-corrected chi connectivity index (χ4v) is 2.35. The van der Waals surface area contributed by atoms with Gasteiger partial charge in [-0.15, -0.1) is 0 Å². The zero-order valence-corrected chi connectivity index (χ0v) is 9.42. The molecular weight excluding hydrogens is 192 g/mol. The molecule has 0 aromatic carbocycles. The molecule has 15 heavy (non-hydrogen) atoms. The molecule has 86 valence electrons. The highest BCUT2D eigenvalue weighted by Gasteiger charge is 2.38. The number of carbonyl (C=O) groups is 1. The number of carbonyl (C=O) groups excluding carboxylic acids is 1. The summed E-state index contributed by atoms with van der Waals surface area (Å²) >= 11 is 0. The molecule has 1 atom stereocenters. The van der Waals surface area contributed by atoms with Crippen molar-refractivity contribution in [2.45, 2.75) is 19.8 Å². The van der Waals surface area contributed by atoms with E-state index in [1.165, 1.54) is 0 Å². The van der Waals surface area contributed by atoms with Crippen LogP contribution < -0.4 is 5.32 Å². The van der Waals surface area contributed by atoms with Gasteiger partial charge in [-0.3, -0.25) is 4.79 Å². The molecule has 2 fully saturated rings. The van der Waals surface area contributed by atoms with Crippen molar-refractivity contribution in [3.63, 3.8) is 0 Å². The first kappa shape index (κ1) is 10.9. The Hall–Kier alpha value is -0.610. The Labute approximate surface area is 91.0 Å². The lowest BCUT2D eigenvalue weighted by atomic mass is 9.83. The molecule has 2 aliphatic rings. The van der Waals surface area contributed by atoms with Gasteiger partial charge in [0.25, 0.3) is 0 Å². The molecule has 2 aliphatic heterocycles. The lowest BCUT2D eigenvalue weighted by Gasteiger charge is -2.38. The van der Waals surface area contributed by atoms with E-state index in [1.807, 2.05) is 11.8 Å². The monoisotopic (exact) mass is 212 g/mol. The highest BCUT2D eigenvalue weighted by molar-refractivity contribution is 5.82. The van der Waals surface area contributed by atoms with Gasteiger partial charge in [-0.05, 0) is 19.8 Å². The predicted molar refractivity (Wildman–Crippen MR) is 57.6 cm³/mol. The van der Waals surface area contributed by atoms with Gasteiger partial charge < -0.3 is 15.0 Å². The van der Waals surface area contributed by atoms with Crippen molar-refractivity contribution in [3.05, 3.63) is 0 Å². The minimum Gasteiger partial charge on any atom is -0.380 e. The minimum atomic E-state index is -0.268. The minimum absolute atomic E-state index is 0.268. The summed E-state index contributed by atoms with van der Waals surface area (Å²) in [7, 11) is 0. The topological polar surface area (TPSA) is 41.6 Å². The van der Waals surface area contributed by atoms with E-state index in [0.29, 0.717) is 6.61 Å². The van der Waals surface area contributed by atoms with Crippen molar-refractivity contribution in [1.29, 1.82) is 0 Å². The zero-order chi connectivity index (χ0) is 10.7. The van der Waals surface area contributed by atoms with Crippen LogP contribution >= 0.6 is 0 Å². The third-order valence-corrected chi connectivity index (χ3v) is 3.36. The van der Waals surface area contributed by atoms with Crippen LogP contribution in [0.2, 0.25) is 0 Å². The molecule has 2 rings (SSSR count). The molecule has 4 heteroatoms. The van der Waals surface area contributed by atoms with E-state index in [4.69, 9.17) is 4.74 Å². The summed E-state index contributed by atoms with van der Waals surface area (Å²) in [6.45, 7) is 6.96. The van der Waals surface area contributed by atoms with Crippen molar-refractivity contribution in [1.82, 2.24) is 10.2 Å². The van der Waals surface area contributed by atoms with Gasteiger partial charge in [-0.1, -0.05) is 0 Å². The second-order valence-corrected chi connectivity index (χ2v) is 4.76. The van der Waals surface area contributed by atoms with E-state index in [0.717, 1.165) is 45.6 Å². The Bertz CT molecular complexity index is 231. The second kappa shape index (κ2) is 4.49. The molecule has 1 unspecified atom stereocenters. The van der Waals surface area contributed by atoms with Crippen molar-refractivity contribution < 1.29 is 9.53 Å². The first-order valence-corrected chi connectivity index (χ1v) is 5.80. The average Bonchev–Trinajstić information content (AvgIpc) is 2.30. The van der Waals surface area contributed by atoms with Gasteiger partial charge in [-0.25, -0.2) is 0 Å². The van der Waals surface area contributed by atoms with Gasteiger partial charge in [0.2, 0.25) is 5.91 Å². The quantitative estimate of drug-likeness (QED) is 0.677. The summed E-state index contributed by atoms with van der Waals surface area (Å²) in [6, 6.07) is 0. The molecule has 0 aliphatic carbocycles. The van der Waals surface area contributed by atoms with Gasteiger partial charge in [0.1, 0.15) is 0 Å². The Balaban J connectivity index is 1.98. The van der Waals surface area contributed by atoms with E-state index in [2.05, 4.69) is 5.32 Å². The molecule has 4 nitrogen and oxygen atoms in total. The smallest absolute Gasteiger partial charge is 0.230 e. The Morgan fingerprint density at radius 3 is 2.73 bits per heavy atom. The molecule has 0 aromatic rings. The standard InChI is InChI=1S/C11H20N2O2/c1-11(3-2-8-15-9-11)10(14)13-6-4-12-5-7-13/h12H,2-9H2,1H3. The van der Waals surface area contributed by atoms with Crippen LogP contribution in [0, 0.1) is 5.41 Å². The predicted octanol–water partition coefficient (Wildman–Crippen LogP) is 0.235. The largest absolute Gasteiger partial charge is 0.380 e. The number of piperazine rings is 1. The molecule has 2 saturated heterocycles. The Kier molecular flexibility index (Phi) is 3.26. The maximum Gasteiger partial charge on any atom is 0.230 e. The molecule has 1 N–H and O–H groups in total. The van der Waals surface area contributed by atoms with Gasteiger partial charge in [0.15, 0.2) is 0 Å². The molecular formula is C11H20N2O2.